The number of amides is 2. The van der Waals surface area contributed by atoms with E-state index in [1.54, 1.807) is 34.1 Å². The van der Waals surface area contributed by atoms with Crippen LogP contribution in [0.3, 0.4) is 0 Å². The second kappa shape index (κ2) is 11.4. The summed E-state index contributed by atoms with van der Waals surface area (Å²) in [5.74, 6) is -0.178. The predicted octanol–water partition coefficient (Wildman–Crippen LogP) is 5.97. The average Bonchev–Trinajstić information content (AvgIpc) is 3.07. The van der Waals surface area contributed by atoms with Crippen LogP contribution in [0.1, 0.15) is 41.0 Å². The van der Waals surface area contributed by atoms with Crippen LogP contribution in [0.15, 0.2) is 66.8 Å². The van der Waals surface area contributed by atoms with E-state index < -0.39 is 5.60 Å². The largest absolute Gasteiger partial charge is 0.444 e. The number of nitrogens with zero attached hydrogens (tertiary/aromatic N) is 2. The lowest BCUT2D eigenvalue weighted by molar-refractivity contribution is 0.0215. The predicted molar refractivity (Wildman–Crippen MR) is 132 cm³/mol. The van der Waals surface area contributed by atoms with Crippen LogP contribution in [-0.4, -0.2) is 59.9 Å². The van der Waals surface area contributed by atoms with Crippen molar-refractivity contribution in [1.82, 2.24) is 9.80 Å². The van der Waals surface area contributed by atoms with E-state index in [-0.39, 0.29) is 29.5 Å². The molecule has 186 valence electrons. The number of rotatable bonds is 3. The molecule has 0 N–H and O–H groups in total. The van der Waals surface area contributed by atoms with Gasteiger partial charge in [-0.15, -0.1) is 0 Å². The molecule has 2 amide bonds. The highest BCUT2D eigenvalue weighted by Crippen LogP contribution is 2.33. The van der Waals surface area contributed by atoms with Crippen molar-refractivity contribution in [2.45, 2.75) is 52.7 Å². The molecule has 3 rings (SSSR count). The third-order valence-corrected chi connectivity index (χ3v) is 5.66. The van der Waals surface area contributed by atoms with Crippen LogP contribution in [-0.2, 0) is 9.47 Å². The van der Waals surface area contributed by atoms with Gasteiger partial charge in [0.2, 0.25) is 0 Å². The van der Waals surface area contributed by atoms with Crippen molar-refractivity contribution in [3.8, 4) is 0 Å². The summed E-state index contributed by atoms with van der Waals surface area (Å²) in [7, 11) is 0. The SMILES string of the molecule is C=CC1=C(C=C)CN(C(=O)OC2CN(C(=O)OC(C)(C)C)CC2(C)C)CC1.Fc1ccccc1. The molecule has 0 aliphatic carbocycles. The van der Waals surface area contributed by atoms with Crippen LogP contribution in [0.4, 0.5) is 14.0 Å². The molecule has 0 bridgehead atoms. The lowest BCUT2D eigenvalue weighted by atomic mass is 9.90. The van der Waals surface area contributed by atoms with Crippen molar-refractivity contribution in [2.75, 3.05) is 26.2 Å². The van der Waals surface area contributed by atoms with E-state index in [0.717, 1.165) is 17.6 Å². The zero-order chi connectivity index (χ0) is 25.5. The molecule has 1 aromatic rings. The molecule has 1 fully saturated rings. The molecule has 2 heterocycles. The fourth-order valence-electron chi connectivity index (χ4n) is 3.77. The van der Waals surface area contributed by atoms with Gasteiger partial charge in [0.1, 0.15) is 17.5 Å². The summed E-state index contributed by atoms with van der Waals surface area (Å²) < 4.78 is 23.1. The van der Waals surface area contributed by atoms with Gasteiger partial charge in [-0.1, -0.05) is 57.4 Å². The Morgan fingerprint density at radius 2 is 1.68 bits per heavy atom. The first kappa shape index (κ1) is 27.2. The van der Waals surface area contributed by atoms with Crippen LogP contribution in [0.25, 0.3) is 0 Å². The molecule has 2 aliphatic rings. The van der Waals surface area contributed by atoms with Crippen molar-refractivity contribution >= 4 is 12.2 Å². The van der Waals surface area contributed by atoms with Gasteiger partial charge in [0.25, 0.3) is 0 Å². The van der Waals surface area contributed by atoms with Crippen LogP contribution >= 0.6 is 0 Å². The van der Waals surface area contributed by atoms with Gasteiger partial charge in [0.05, 0.1) is 6.54 Å². The monoisotopic (exact) mass is 472 g/mol. The van der Waals surface area contributed by atoms with E-state index >= 15 is 0 Å². The second-order valence-electron chi connectivity index (χ2n) is 10.1. The molecule has 1 atom stereocenters. The van der Waals surface area contributed by atoms with E-state index in [2.05, 4.69) is 13.2 Å². The van der Waals surface area contributed by atoms with E-state index in [9.17, 15) is 14.0 Å². The fourth-order valence-corrected chi connectivity index (χ4v) is 3.77. The Hall–Kier alpha value is -3.09. The van der Waals surface area contributed by atoms with E-state index in [1.807, 2.05) is 40.7 Å². The molecule has 0 radical (unpaired) electrons. The summed E-state index contributed by atoms with van der Waals surface area (Å²) in [5.41, 5.74) is 1.21. The van der Waals surface area contributed by atoms with E-state index in [4.69, 9.17) is 9.47 Å². The minimum Gasteiger partial charge on any atom is -0.444 e. The molecule has 0 aromatic heterocycles. The first-order valence-electron chi connectivity index (χ1n) is 11.5. The number of hydrogen-bond donors (Lipinski definition) is 0. The maximum atomic E-state index is 12.7. The molecule has 34 heavy (non-hydrogen) atoms. The van der Waals surface area contributed by atoms with Gasteiger partial charge in [-0.25, -0.2) is 14.0 Å². The van der Waals surface area contributed by atoms with Gasteiger partial charge < -0.3 is 19.3 Å². The zero-order valence-corrected chi connectivity index (χ0v) is 21.0. The Morgan fingerprint density at radius 1 is 1.06 bits per heavy atom. The Labute approximate surface area is 202 Å². The van der Waals surface area contributed by atoms with E-state index in [0.29, 0.717) is 26.2 Å². The zero-order valence-electron chi connectivity index (χ0n) is 21.0. The van der Waals surface area contributed by atoms with Crippen LogP contribution < -0.4 is 0 Å². The topological polar surface area (TPSA) is 59.1 Å². The van der Waals surface area contributed by atoms with Gasteiger partial charge in [-0.05, 0) is 50.5 Å². The lowest BCUT2D eigenvalue weighted by Crippen LogP contribution is -2.42. The summed E-state index contributed by atoms with van der Waals surface area (Å²) in [6.45, 7) is 19.0. The fraction of sp³-hybridized carbons (Fsp3) is 0.481. The lowest BCUT2D eigenvalue weighted by Gasteiger charge is -2.31. The normalized spacial score (nSPS) is 19.6. The highest BCUT2D eigenvalue weighted by Gasteiger charge is 2.45. The Bertz CT molecular complexity index is 918. The molecule has 0 saturated carbocycles. The summed E-state index contributed by atoms with van der Waals surface area (Å²) in [6.07, 6.45) is 3.20. The average molecular weight is 473 g/mol. The van der Waals surface area contributed by atoms with Crippen LogP contribution in [0.5, 0.6) is 0 Å². The molecule has 1 aromatic carbocycles. The van der Waals surface area contributed by atoms with Gasteiger partial charge in [-0.3, -0.25) is 0 Å². The number of benzene rings is 1. The maximum absolute atomic E-state index is 12.7. The number of likely N-dealkylation sites (tertiary alicyclic amines) is 1. The van der Waals surface area contributed by atoms with Crippen molar-refractivity contribution < 1.29 is 23.5 Å². The number of carbonyl (C=O) groups is 2. The minimum absolute atomic E-state index is 0.178. The number of carbonyl (C=O) groups excluding carboxylic acids is 2. The van der Waals surface area contributed by atoms with Crippen molar-refractivity contribution in [1.29, 1.82) is 0 Å². The number of halogens is 1. The smallest absolute Gasteiger partial charge is 0.410 e. The van der Waals surface area contributed by atoms with Crippen LogP contribution in [0, 0.1) is 11.2 Å². The molecule has 2 aliphatic heterocycles. The Balaban J connectivity index is 0.000000497. The maximum Gasteiger partial charge on any atom is 0.410 e. The third-order valence-electron chi connectivity index (χ3n) is 5.66. The van der Waals surface area contributed by atoms with Gasteiger partial charge >= 0.3 is 12.2 Å². The molecule has 6 nitrogen and oxygen atoms in total. The number of ether oxygens (including phenoxy) is 2. The Morgan fingerprint density at radius 3 is 2.18 bits per heavy atom. The first-order valence-corrected chi connectivity index (χ1v) is 11.5. The molecule has 1 unspecified atom stereocenters. The summed E-state index contributed by atoms with van der Waals surface area (Å²) in [4.78, 5) is 28.3. The minimum atomic E-state index is -0.555. The molecule has 1 saturated heterocycles. The van der Waals surface area contributed by atoms with Crippen LogP contribution in [0.2, 0.25) is 0 Å². The van der Waals surface area contributed by atoms with E-state index in [1.165, 1.54) is 12.1 Å². The number of allylic oxidation sites excluding steroid dienone is 1. The quantitative estimate of drug-likeness (QED) is 0.544. The highest BCUT2D eigenvalue weighted by molar-refractivity contribution is 5.71. The third kappa shape index (κ3) is 7.75. The van der Waals surface area contributed by atoms with Crippen molar-refractivity contribution in [3.63, 3.8) is 0 Å². The standard InChI is InChI=1S/C21H32N2O4.C6H5F/c1-8-15-10-11-22(12-16(15)9-2)18(24)26-17-13-23(14-21(17,6)7)19(25)27-20(3,4)5;7-6-4-2-1-3-5-6/h8-9,17H,1-2,10-14H2,3-7H3;1-5H. The van der Waals surface area contributed by atoms with Crippen molar-refractivity contribution in [3.05, 3.63) is 72.6 Å². The summed E-state index contributed by atoms with van der Waals surface area (Å²) >= 11 is 0. The first-order chi connectivity index (χ1) is 15.9. The summed E-state index contributed by atoms with van der Waals surface area (Å²) in [5, 5.41) is 0. The van der Waals surface area contributed by atoms with Gasteiger partial charge in [0, 0.05) is 25.0 Å². The molecular weight excluding hydrogens is 435 g/mol. The van der Waals surface area contributed by atoms with Crippen molar-refractivity contribution in [2.24, 2.45) is 5.41 Å². The molecule has 0 spiro atoms. The highest BCUT2D eigenvalue weighted by atomic mass is 19.1. The second-order valence-corrected chi connectivity index (χ2v) is 10.1. The Kier molecular flexibility index (Phi) is 9.07. The number of hydrogen-bond acceptors (Lipinski definition) is 4. The van der Waals surface area contributed by atoms with Gasteiger partial charge in [0.15, 0.2) is 0 Å². The molecule has 7 heteroatoms. The van der Waals surface area contributed by atoms with Gasteiger partial charge in [-0.2, -0.15) is 0 Å². The molecular formula is C27H37FN2O4. The summed E-state index contributed by atoms with van der Waals surface area (Å²) in [6, 6.07) is 7.94.